The number of hydrogen-bond acceptors (Lipinski definition) is 3. The van der Waals surface area contributed by atoms with E-state index in [1.54, 1.807) is 20.3 Å². The number of piperidine rings is 1. The van der Waals surface area contributed by atoms with E-state index in [4.69, 9.17) is 26.5 Å². The topological polar surface area (TPSA) is 45.5 Å². The van der Waals surface area contributed by atoms with Gasteiger partial charge in [0.1, 0.15) is 5.84 Å². The van der Waals surface area contributed by atoms with Gasteiger partial charge >= 0.3 is 0 Å². The molecule has 1 aromatic carbocycles. The molecule has 0 saturated carbocycles. The van der Waals surface area contributed by atoms with Gasteiger partial charge in [0.2, 0.25) is 0 Å². The Bertz CT molecular complexity index is 471. The van der Waals surface area contributed by atoms with E-state index >= 15 is 0 Å². The number of ether oxygens (including phenoxy) is 2. The molecule has 0 aromatic heterocycles. The summed E-state index contributed by atoms with van der Waals surface area (Å²) < 4.78 is 10.5. The van der Waals surface area contributed by atoms with Gasteiger partial charge in [0, 0.05) is 18.7 Å². The van der Waals surface area contributed by atoms with Crippen molar-refractivity contribution in [3.63, 3.8) is 0 Å². The second kappa shape index (κ2) is 6.15. The van der Waals surface area contributed by atoms with Gasteiger partial charge < -0.3 is 14.4 Å². The van der Waals surface area contributed by atoms with Crippen molar-refractivity contribution < 1.29 is 9.47 Å². The zero-order valence-corrected chi connectivity index (χ0v) is 12.1. The molecular weight excluding hydrogens is 264 g/mol. The third kappa shape index (κ3) is 2.95. The Morgan fingerprint density at radius 3 is 2.42 bits per heavy atom. The van der Waals surface area contributed by atoms with Gasteiger partial charge in [0.15, 0.2) is 11.5 Å². The summed E-state index contributed by atoms with van der Waals surface area (Å²) in [5.41, 5.74) is 0.768. The van der Waals surface area contributed by atoms with Crippen LogP contribution in [0.15, 0.2) is 12.1 Å². The normalized spacial score (nSPS) is 15.2. The number of halogens is 1. The summed E-state index contributed by atoms with van der Waals surface area (Å²) in [6, 6.07) is 3.57. The Balaban J connectivity index is 2.29. The third-order valence-electron chi connectivity index (χ3n) is 3.38. The molecule has 1 aliphatic rings. The Morgan fingerprint density at radius 1 is 1.16 bits per heavy atom. The van der Waals surface area contributed by atoms with Crippen LogP contribution in [0.4, 0.5) is 0 Å². The first-order chi connectivity index (χ1) is 9.17. The van der Waals surface area contributed by atoms with E-state index in [0.29, 0.717) is 22.4 Å². The van der Waals surface area contributed by atoms with Crippen LogP contribution in [0.2, 0.25) is 5.02 Å². The summed E-state index contributed by atoms with van der Waals surface area (Å²) in [7, 11) is 3.13. The summed E-state index contributed by atoms with van der Waals surface area (Å²) in [5.74, 6) is 1.58. The largest absolute Gasteiger partial charge is 0.493 e. The van der Waals surface area contributed by atoms with Crippen molar-refractivity contribution in [3.8, 4) is 11.5 Å². The van der Waals surface area contributed by atoms with E-state index in [1.165, 1.54) is 6.42 Å². The van der Waals surface area contributed by atoms with E-state index in [0.717, 1.165) is 31.5 Å². The molecule has 4 nitrogen and oxygen atoms in total. The molecule has 0 atom stereocenters. The summed E-state index contributed by atoms with van der Waals surface area (Å²) >= 11 is 6.18. The highest BCUT2D eigenvalue weighted by Gasteiger charge is 2.18. The molecule has 19 heavy (non-hydrogen) atoms. The summed E-state index contributed by atoms with van der Waals surface area (Å²) in [6.45, 7) is 1.87. The molecule has 2 rings (SSSR count). The van der Waals surface area contributed by atoms with Crippen LogP contribution in [0.1, 0.15) is 24.8 Å². The molecule has 1 heterocycles. The van der Waals surface area contributed by atoms with Crippen molar-refractivity contribution in [2.75, 3.05) is 27.3 Å². The second-order valence-electron chi connectivity index (χ2n) is 4.59. The summed E-state index contributed by atoms with van der Waals surface area (Å²) in [4.78, 5) is 2.08. The fourth-order valence-electron chi connectivity index (χ4n) is 2.35. The Hall–Kier alpha value is -1.42. The van der Waals surface area contributed by atoms with Crippen LogP contribution in [0.5, 0.6) is 11.5 Å². The van der Waals surface area contributed by atoms with Gasteiger partial charge in [0.05, 0.1) is 19.2 Å². The predicted octanol–water partition coefficient (Wildman–Crippen LogP) is 3.17. The average Bonchev–Trinajstić information content (AvgIpc) is 2.46. The monoisotopic (exact) mass is 282 g/mol. The molecule has 1 fully saturated rings. The number of amidine groups is 1. The molecule has 1 saturated heterocycles. The molecule has 0 spiro atoms. The number of nitrogens with zero attached hydrogens (tertiary/aromatic N) is 1. The molecule has 0 radical (unpaired) electrons. The maximum Gasteiger partial charge on any atom is 0.179 e. The minimum atomic E-state index is 0.471. The number of rotatable bonds is 3. The lowest BCUT2D eigenvalue weighted by molar-refractivity contribution is 0.340. The molecule has 5 heteroatoms. The van der Waals surface area contributed by atoms with Gasteiger partial charge in [-0.15, -0.1) is 0 Å². The number of methoxy groups -OCH3 is 2. The van der Waals surface area contributed by atoms with Crippen molar-refractivity contribution in [2.45, 2.75) is 19.3 Å². The minimum Gasteiger partial charge on any atom is -0.493 e. The van der Waals surface area contributed by atoms with Gasteiger partial charge in [-0.2, -0.15) is 0 Å². The fourth-order valence-corrected chi connectivity index (χ4v) is 2.64. The molecule has 104 valence electrons. The first kappa shape index (κ1) is 14.0. The Morgan fingerprint density at radius 2 is 1.84 bits per heavy atom. The molecular formula is C14H19ClN2O2. The van der Waals surface area contributed by atoms with Gasteiger partial charge in [-0.1, -0.05) is 11.6 Å². The van der Waals surface area contributed by atoms with Gasteiger partial charge in [-0.05, 0) is 31.4 Å². The fraction of sp³-hybridized carbons (Fsp3) is 0.500. The molecule has 0 unspecified atom stereocenters. The van der Waals surface area contributed by atoms with Crippen molar-refractivity contribution in [1.29, 1.82) is 5.41 Å². The zero-order valence-electron chi connectivity index (χ0n) is 11.3. The lowest BCUT2D eigenvalue weighted by Crippen LogP contribution is -2.35. The standard InChI is InChI=1S/C14H19ClN2O2/c1-18-12-9-10(8-11(15)13(12)19-2)14(16)17-6-4-3-5-7-17/h8-9,16H,3-7H2,1-2H3. The van der Waals surface area contributed by atoms with Crippen molar-refractivity contribution in [3.05, 3.63) is 22.7 Å². The maximum absolute atomic E-state index is 8.29. The van der Waals surface area contributed by atoms with E-state index < -0.39 is 0 Å². The average molecular weight is 283 g/mol. The Labute approximate surface area is 118 Å². The minimum absolute atomic E-state index is 0.471. The number of benzene rings is 1. The number of likely N-dealkylation sites (tertiary alicyclic amines) is 1. The van der Waals surface area contributed by atoms with Crippen LogP contribution >= 0.6 is 11.6 Å². The van der Waals surface area contributed by atoms with E-state index in [-0.39, 0.29) is 0 Å². The lowest BCUT2D eigenvalue weighted by atomic mass is 10.1. The van der Waals surface area contributed by atoms with Gasteiger partial charge in [-0.3, -0.25) is 5.41 Å². The highest BCUT2D eigenvalue weighted by Crippen LogP contribution is 2.36. The molecule has 1 aromatic rings. The van der Waals surface area contributed by atoms with Gasteiger partial charge in [0.25, 0.3) is 0 Å². The van der Waals surface area contributed by atoms with Crippen LogP contribution in [-0.4, -0.2) is 38.0 Å². The van der Waals surface area contributed by atoms with Crippen LogP contribution in [0.25, 0.3) is 0 Å². The SMILES string of the molecule is COc1cc(C(=N)N2CCCCC2)cc(Cl)c1OC. The summed E-state index contributed by atoms with van der Waals surface area (Å²) in [6.07, 6.45) is 3.53. The van der Waals surface area contributed by atoms with Crippen molar-refractivity contribution >= 4 is 17.4 Å². The smallest absolute Gasteiger partial charge is 0.179 e. The number of nitrogens with one attached hydrogen (secondary N) is 1. The van der Waals surface area contributed by atoms with E-state index in [9.17, 15) is 0 Å². The predicted molar refractivity (Wildman–Crippen MR) is 76.8 cm³/mol. The van der Waals surface area contributed by atoms with Crippen molar-refractivity contribution in [2.24, 2.45) is 0 Å². The first-order valence-corrected chi connectivity index (χ1v) is 6.80. The maximum atomic E-state index is 8.29. The molecule has 0 amide bonds. The van der Waals surface area contributed by atoms with E-state index in [1.807, 2.05) is 6.07 Å². The van der Waals surface area contributed by atoms with Gasteiger partial charge in [-0.25, -0.2) is 0 Å². The van der Waals surface area contributed by atoms with E-state index in [2.05, 4.69) is 4.90 Å². The Kier molecular flexibility index (Phi) is 4.53. The van der Waals surface area contributed by atoms with Crippen LogP contribution in [-0.2, 0) is 0 Å². The first-order valence-electron chi connectivity index (χ1n) is 6.42. The highest BCUT2D eigenvalue weighted by atomic mass is 35.5. The lowest BCUT2D eigenvalue weighted by Gasteiger charge is -2.29. The number of hydrogen-bond donors (Lipinski definition) is 1. The van der Waals surface area contributed by atoms with Crippen molar-refractivity contribution in [1.82, 2.24) is 4.90 Å². The molecule has 0 aliphatic carbocycles. The molecule has 0 bridgehead atoms. The highest BCUT2D eigenvalue weighted by molar-refractivity contribution is 6.32. The van der Waals surface area contributed by atoms with Crippen LogP contribution < -0.4 is 9.47 Å². The molecule has 1 N–H and O–H groups in total. The summed E-state index contributed by atoms with van der Waals surface area (Å²) in [5, 5.41) is 8.76. The second-order valence-corrected chi connectivity index (χ2v) is 5.00. The molecule has 1 aliphatic heterocycles. The quantitative estimate of drug-likeness (QED) is 0.684. The van der Waals surface area contributed by atoms with Crippen LogP contribution in [0.3, 0.4) is 0 Å². The third-order valence-corrected chi connectivity index (χ3v) is 3.66. The zero-order chi connectivity index (χ0) is 13.8. The van der Waals surface area contributed by atoms with Crippen LogP contribution in [0, 0.1) is 5.41 Å².